The summed E-state index contributed by atoms with van der Waals surface area (Å²) in [5.41, 5.74) is 11.8. The van der Waals surface area contributed by atoms with Crippen molar-refractivity contribution in [3.05, 3.63) is 23.3 Å². The molecular formula is C17H24ClN5O3S. The van der Waals surface area contributed by atoms with Gasteiger partial charge in [-0.2, -0.15) is 0 Å². The van der Waals surface area contributed by atoms with E-state index >= 15 is 0 Å². The van der Waals surface area contributed by atoms with E-state index in [9.17, 15) is 9.59 Å². The van der Waals surface area contributed by atoms with Gasteiger partial charge in [0.05, 0.1) is 11.8 Å². The van der Waals surface area contributed by atoms with Gasteiger partial charge in [-0.05, 0) is 13.0 Å². The normalized spacial score (nSPS) is 23.2. The molecule has 148 valence electrons. The lowest BCUT2D eigenvalue weighted by molar-refractivity contribution is -0.166. The molecule has 0 spiro atoms. The highest BCUT2D eigenvalue weighted by Crippen LogP contribution is 2.50. The van der Waals surface area contributed by atoms with Gasteiger partial charge in [0.2, 0.25) is 5.91 Å². The summed E-state index contributed by atoms with van der Waals surface area (Å²) in [6, 6.07) is 1.62. The lowest BCUT2D eigenvalue weighted by atomic mass is 9.54. The number of rotatable bonds is 6. The number of thiazole rings is 1. The molecule has 1 fully saturated rings. The van der Waals surface area contributed by atoms with Crippen molar-refractivity contribution in [3.63, 3.8) is 0 Å². The molecule has 1 aliphatic rings. The van der Waals surface area contributed by atoms with Crippen LogP contribution in [0.25, 0.3) is 11.3 Å². The Bertz CT molecular complexity index is 849. The molecule has 2 unspecified atom stereocenters. The quantitative estimate of drug-likeness (QED) is 0.575. The molecular weight excluding hydrogens is 390 g/mol. The van der Waals surface area contributed by atoms with Crippen molar-refractivity contribution in [3.8, 4) is 11.3 Å². The number of aromatic amines is 1. The van der Waals surface area contributed by atoms with Crippen LogP contribution in [0.2, 0.25) is 0 Å². The Morgan fingerprint density at radius 1 is 1.48 bits per heavy atom. The first-order chi connectivity index (χ1) is 12.2. The highest BCUT2D eigenvalue weighted by atomic mass is 35.5. The Morgan fingerprint density at radius 3 is 2.74 bits per heavy atom. The van der Waals surface area contributed by atoms with Gasteiger partial charge >= 0.3 is 0 Å². The molecule has 3 rings (SSSR count). The van der Waals surface area contributed by atoms with Gasteiger partial charge in [0.15, 0.2) is 5.13 Å². The minimum absolute atomic E-state index is 0. The maximum Gasteiger partial charge on any atom is 0.265 e. The van der Waals surface area contributed by atoms with Crippen molar-refractivity contribution in [1.82, 2.24) is 9.97 Å². The number of nitrogens with one attached hydrogen (secondary N) is 2. The average molecular weight is 414 g/mol. The van der Waals surface area contributed by atoms with Crippen molar-refractivity contribution < 1.29 is 14.3 Å². The molecule has 8 nitrogen and oxygen atoms in total. The van der Waals surface area contributed by atoms with Crippen LogP contribution in [-0.4, -0.2) is 40.0 Å². The van der Waals surface area contributed by atoms with Gasteiger partial charge in [-0.1, -0.05) is 13.8 Å². The number of amides is 2. The smallest absolute Gasteiger partial charge is 0.265 e. The molecule has 0 bridgehead atoms. The molecule has 0 saturated heterocycles. The number of carbonyl (C=O) groups is 2. The van der Waals surface area contributed by atoms with Crippen LogP contribution in [-0.2, 0) is 9.53 Å². The summed E-state index contributed by atoms with van der Waals surface area (Å²) < 4.78 is 5.66. The van der Waals surface area contributed by atoms with Crippen molar-refractivity contribution in [1.29, 1.82) is 0 Å². The molecule has 2 aromatic heterocycles. The first kappa shape index (κ1) is 21.4. The molecule has 2 heterocycles. The minimum atomic E-state index is -1.01. The number of anilines is 1. The first-order valence-corrected chi connectivity index (χ1v) is 9.23. The van der Waals surface area contributed by atoms with Crippen LogP contribution in [0.15, 0.2) is 17.6 Å². The summed E-state index contributed by atoms with van der Waals surface area (Å²) in [5, 5.41) is 5.05. The highest BCUT2D eigenvalue weighted by Gasteiger charge is 2.63. The second kappa shape index (κ2) is 7.59. The van der Waals surface area contributed by atoms with E-state index in [2.05, 4.69) is 15.3 Å². The molecule has 1 aliphatic carbocycles. The van der Waals surface area contributed by atoms with Crippen molar-refractivity contribution in [2.45, 2.75) is 38.8 Å². The van der Waals surface area contributed by atoms with Crippen molar-refractivity contribution in [2.24, 2.45) is 16.9 Å². The fraction of sp³-hybridized carbons (Fsp3) is 0.471. The summed E-state index contributed by atoms with van der Waals surface area (Å²) in [5.74, 6) is -0.813. The van der Waals surface area contributed by atoms with Gasteiger partial charge in [-0.3, -0.25) is 9.59 Å². The zero-order valence-corrected chi connectivity index (χ0v) is 17.0. The summed E-state index contributed by atoms with van der Waals surface area (Å²) in [7, 11) is 0. The molecule has 2 amide bonds. The Labute approximate surface area is 167 Å². The number of H-pyrrole nitrogens is 1. The van der Waals surface area contributed by atoms with Gasteiger partial charge < -0.3 is 26.5 Å². The summed E-state index contributed by atoms with van der Waals surface area (Å²) in [6.45, 7) is 6.39. The lowest BCUT2D eigenvalue weighted by Crippen LogP contribution is -2.74. The van der Waals surface area contributed by atoms with Crippen LogP contribution in [0, 0.1) is 5.41 Å². The molecule has 6 N–H and O–H groups in total. The molecule has 2 atom stereocenters. The molecule has 0 aromatic carbocycles. The SMILES string of the molecule is CCOC1CC(N)(C(=O)Nc2nc(-c3c[nH]c(C(N)=O)c3)cs2)C1(C)C.Cl. The fourth-order valence-electron chi connectivity index (χ4n) is 3.18. The molecule has 1 saturated carbocycles. The third-order valence-electron chi connectivity index (χ3n) is 5.20. The molecule has 10 heteroatoms. The van der Waals surface area contributed by atoms with Gasteiger partial charge in [-0.25, -0.2) is 4.98 Å². The van der Waals surface area contributed by atoms with E-state index < -0.39 is 16.9 Å². The second-order valence-corrected chi connectivity index (χ2v) is 7.86. The van der Waals surface area contributed by atoms with E-state index in [1.165, 1.54) is 11.3 Å². The number of aromatic nitrogens is 2. The first-order valence-electron chi connectivity index (χ1n) is 8.35. The number of nitrogens with two attached hydrogens (primary N) is 2. The van der Waals surface area contributed by atoms with E-state index in [1.807, 2.05) is 20.8 Å². The lowest BCUT2D eigenvalue weighted by Gasteiger charge is -2.57. The third-order valence-corrected chi connectivity index (χ3v) is 5.96. The van der Waals surface area contributed by atoms with E-state index in [0.717, 1.165) is 5.56 Å². The van der Waals surface area contributed by atoms with Crippen LogP contribution < -0.4 is 16.8 Å². The molecule has 0 radical (unpaired) electrons. The molecule has 27 heavy (non-hydrogen) atoms. The predicted octanol–water partition coefficient (Wildman–Crippen LogP) is 2.13. The maximum atomic E-state index is 12.7. The number of carbonyl (C=O) groups excluding carboxylic acids is 2. The second-order valence-electron chi connectivity index (χ2n) is 7.00. The minimum Gasteiger partial charge on any atom is -0.378 e. The number of halogens is 1. The summed E-state index contributed by atoms with van der Waals surface area (Å²) in [6.07, 6.45) is 2.08. The zero-order chi connectivity index (χ0) is 19.1. The van der Waals surface area contributed by atoms with Gasteiger partial charge in [0.1, 0.15) is 11.2 Å². The maximum absolute atomic E-state index is 12.7. The number of hydrogen-bond donors (Lipinski definition) is 4. The Hall–Kier alpha value is -1.94. The number of hydrogen-bond acceptors (Lipinski definition) is 6. The predicted molar refractivity (Wildman–Crippen MR) is 107 cm³/mol. The summed E-state index contributed by atoms with van der Waals surface area (Å²) in [4.78, 5) is 31.1. The third kappa shape index (κ3) is 3.60. The van der Waals surface area contributed by atoms with E-state index in [1.54, 1.807) is 17.6 Å². The standard InChI is InChI=1S/C17H23N5O3S.ClH/c1-4-25-12-6-17(19,16(12,2)3)14(24)22-15-21-11(8-26-15)9-5-10(13(18)23)20-7-9;/h5,7-8,12,20H,4,6,19H2,1-3H3,(H2,18,23)(H,21,22,24);1H. The zero-order valence-electron chi connectivity index (χ0n) is 15.4. The van der Waals surface area contributed by atoms with Crippen molar-refractivity contribution in [2.75, 3.05) is 11.9 Å². The van der Waals surface area contributed by atoms with Gasteiger partial charge in [0.25, 0.3) is 5.91 Å². The number of nitrogens with zero attached hydrogens (tertiary/aromatic N) is 1. The van der Waals surface area contributed by atoms with Crippen LogP contribution in [0.4, 0.5) is 5.13 Å². The Kier molecular flexibility index (Phi) is 6.00. The van der Waals surface area contributed by atoms with Crippen LogP contribution in [0.5, 0.6) is 0 Å². The largest absolute Gasteiger partial charge is 0.378 e. The Balaban J connectivity index is 0.00000261. The van der Waals surface area contributed by atoms with Gasteiger partial charge in [0, 0.05) is 35.6 Å². The number of ether oxygens (including phenoxy) is 1. The average Bonchev–Trinajstić information content (AvgIpc) is 3.23. The van der Waals surface area contributed by atoms with Crippen LogP contribution in [0.3, 0.4) is 0 Å². The highest BCUT2D eigenvalue weighted by molar-refractivity contribution is 7.14. The van der Waals surface area contributed by atoms with Crippen LogP contribution in [0.1, 0.15) is 37.7 Å². The van der Waals surface area contributed by atoms with E-state index in [0.29, 0.717) is 29.5 Å². The van der Waals surface area contributed by atoms with Crippen molar-refractivity contribution >= 4 is 40.7 Å². The van der Waals surface area contributed by atoms with Gasteiger partial charge in [-0.15, -0.1) is 23.7 Å². The van der Waals surface area contributed by atoms with Crippen LogP contribution >= 0.6 is 23.7 Å². The fourth-order valence-corrected chi connectivity index (χ4v) is 3.89. The summed E-state index contributed by atoms with van der Waals surface area (Å²) >= 11 is 1.29. The molecule has 0 aliphatic heterocycles. The van der Waals surface area contributed by atoms with E-state index in [-0.39, 0.29) is 24.4 Å². The monoisotopic (exact) mass is 413 g/mol. The van der Waals surface area contributed by atoms with E-state index in [4.69, 9.17) is 16.2 Å². The number of primary amides is 1. The molecule has 2 aromatic rings. The Morgan fingerprint density at radius 2 is 2.19 bits per heavy atom. The topological polar surface area (TPSA) is 136 Å².